The zero-order chi connectivity index (χ0) is 14.8. The first kappa shape index (κ1) is 13.6. The van der Waals surface area contributed by atoms with Crippen molar-refractivity contribution in [2.24, 2.45) is 4.99 Å². The van der Waals surface area contributed by atoms with Gasteiger partial charge < -0.3 is 5.32 Å². The van der Waals surface area contributed by atoms with Crippen LogP contribution in [0.5, 0.6) is 0 Å². The van der Waals surface area contributed by atoms with Crippen molar-refractivity contribution in [1.29, 1.82) is 0 Å². The molecule has 2 aromatic rings. The summed E-state index contributed by atoms with van der Waals surface area (Å²) in [5.74, 6) is 0.325. The Morgan fingerprint density at radius 1 is 1.14 bits per heavy atom. The van der Waals surface area contributed by atoms with E-state index in [1.54, 1.807) is 18.2 Å². The average molecular weight is 297 g/mol. The minimum Gasteiger partial charge on any atom is -0.305 e. The third-order valence-electron chi connectivity index (χ3n) is 3.18. The van der Waals surface area contributed by atoms with Gasteiger partial charge in [-0.05, 0) is 30.7 Å². The molecule has 0 fully saturated rings. The number of halogens is 1. The normalized spacial score (nSPS) is 16.0. The Hall–Kier alpha value is -2.39. The Labute approximate surface area is 128 Å². The van der Waals surface area contributed by atoms with Crippen LogP contribution in [0.25, 0.3) is 6.08 Å². The molecule has 1 amide bonds. The lowest BCUT2D eigenvalue weighted by Crippen LogP contribution is -2.24. The second kappa shape index (κ2) is 5.54. The van der Waals surface area contributed by atoms with Crippen molar-refractivity contribution in [3.8, 4) is 0 Å². The molecule has 3 nitrogen and oxygen atoms in total. The largest absolute Gasteiger partial charge is 0.305 e. The second-order valence-corrected chi connectivity index (χ2v) is 5.30. The lowest BCUT2D eigenvalue weighted by atomic mass is 10.1. The molecule has 0 atom stereocenters. The molecule has 0 radical (unpaired) electrons. The van der Waals surface area contributed by atoms with Crippen LogP contribution in [0.3, 0.4) is 0 Å². The highest BCUT2D eigenvalue weighted by Crippen LogP contribution is 2.17. The van der Waals surface area contributed by atoms with Crippen LogP contribution >= 0.6 is 11.6 Å². The first-order valence-corrected chi connectivity index (χ1v) is 6.94. The number of benzene rings is 2. The minimum absolute atomic E-state index is 0.203. The number of carbonyl (C=O) groups excluding carboxylic acids is 1. The van der Waals surface area contributed by atoms with Crippen molar-refractivity contribution in [2.45, 2.75) is 6.92 Å². The van der Waals surface area contributed by atoms with Gasteiger partial charge in [-0.25, -0.2) is 4.99 Å². The van der Waals surface area contributed by atoms with Gasteiger partial charge in [0, 0.05) is 10.6 Å². The van der Waals surface area contributed by atoms with Crippen LogP contribution in [-0.4, -0.2) is 11.7 Å². The summed E-state index contributed by atoms with van der Waals surface area (Å²) >= 11 is 5.96. The van der Waals surface area contributed by atoms with Crippen LogP contribution in [0.15, 0.2) is 59.2 Å². The van der Waals surface area contributed by atoms with Gasteiger partial charge in [-0.15, -0.1) is 0 Å². The SMILES string of the molecule is Cc1ccc(/C=C2/N=C(c3cccc(Cl)c3)NC2=O)cc1. The van der Waals surface area contributed by atoms with E-state index in [2.05, 4.69) is 10.3 Å². The fourth-order valence-electron chi connectivity index (χ4n) is 2.06. The van der Waals surface area contributed by atoms with Crippen molar-refractivity contribution < 1.29 is 4.79 Å². The number of rotatable bonds is 2. The summed E-state index contributed by atoms with van der Waals surface area (Å²) in [6, 6.07) is 15.2. The topological polar surface area (TPSA) is 41.5 Å². The number of amidine groups is 1. The molecule has 1 aliphatic heterocycles. The minimum atomic E-state index is -0.203. The molecule has 2 aromatic carbocycles. The molecule has 0 bridgehead atoms. The number of nitrogens with zero attached hydrogens (tertiary/aromatic N) is 1. The second-order valence-electron chi connectivity index (χ2n) is 4.87. The Morgan fingerprint density at radius 3 is 2.62 bits per heavy atom. The van der Waals surface area contributed by atoms with Gasteiger partial charge in [0.2, 0.25) is 0 Å². The van der Waals surface area contributed by atoms with Gasteiger partial charge >= 0.3 is 0 Å². The van der Waals surface area contributed by atoms with Crippen LogP contribution < -0.4 is 5.32 Å². The van der Waals surface area contributed by atoms with Crippen LogP contribution in [0, 0.1) is 6.92 Å². The number of carbonyl (C=O) groups is 1. The number of hydrogen-bond donors (Lipinski definition) is 1. The summed E-state index contributed by atoms with van der Waals surface area (Å²) in [6.45, 7) is 2.02. The van der Waals surface area contributed by atoms with Crippen molar-refractivity contribution in [3.05, 3.63) is 75.9 Å². The Kier molecular flexibility index (Phi) is 3.59. The maximum atomic E-state index is 12.0. The third kappa shape index (κ3) is 3.03. The maximum Gasteiger partial charge on any atom is 0.275 e. The van der Waals surface area contributed by atoms with E-state index in [9.17, 15) is 4.79 Å². The fraction of sp³-hybridized carbons (Fsp3) is 0.0588. The average Bonchev–Trinajstić information content (AvgIpc) is 2.83. The summed E-state index contributed by atoms with van der Waals surface area (Å²) in [5, 5.41) is 3.37. The van der Waals surface area contributed by atoms with E-state index in [0.717, 1.165) is 11.1 Å². The molecular weight excluding hydrogens is 284 g/mol. The summed E-state index contributed by atoms with van der Waals surface area (Å²) in [6.07, 6.45) is 1.77. The Balaban J connectivity index is 1.93. The molecule has 4 heteroatoms. The highest BCUT2D eigenvalue weighted by molar-refractivity contribution is 6.31. The molecule has 0 unspecified atom stereocenters. The van der Waals surface area contributed by atoms with Gasteiger partial charge in [0.15, 0.2) is 0 Å². The van der Waals surface area contributed by atoms with Crippen molar-refractivity contribution in [3.63, 3.8) is 0 Å². The van der Waals surface area contributed by atoms with Gasteiger partial charge in [-0.1, -0.05) is 53.6 Å². The third-order valence-corrected chi connectivity index (χ3v) is 3.41. The predicted octanol–water partition coefficient (Wildman–Crippen LogP) is 3.57. The first-order chi connectivity index (χ1) is 10.1. The van der Waals surface area contributed by atoms with Gasteiger partial charge in [-0.2, -0.15) is 0 Å². The maximum absolute atomic E-state index is 12.0. The molecule has 1 heterocycles. The highest BCUT2D eigenvalue weighted by Gasteiger charge is 2.21. The molecule has 0 aromatic heterocycles. The van der Waals surface area contributed by atoms with E-state index in [1.807, 2.05) is 43.3 Å². The van der Waals surface area contributed by atoms with E-state index in [-0.39, 0.29) is 5.91 Å². The molecule has 21 heavy (non-hydrogen) atoms. The molecule has 0 saturated heterocycles. The van der Waals surface area contributed by atoms with Crippen LogP contribution in [-0.2, 0) is 4.79 Å². The molecule has 3 rings (SSSR count). The highest BCUT2D eigenvalue weighted by atomic mass is 35.5. The zero-order valence-electron chi connectivity index (χ0n) is 11.4. The Morgan fingerprint density at radius 2 is 1.90 bits per heavy atom. The molecule has 104 valence electrons. The molecule has 1 N–H and O–H groups in total. The number of aryl methyl sites for hydroxylation is 1. The lowest BCUT2D eigenvalue weighted by Gasteiger charge is -2.00. The zero-order valence-corrected chi connectivity index (χ0v) is 12.2. The van der Waals surface area contributed by atoms with E-state index < -0.39 is 0 Å². The monoisotopic (exact) mass is 296 g/mol. The van der Waals surface area contributed by atoms with Crippen LogP contribution in [0.1, 0.15) is 16.7 Å². The quantitative estimate of drug-likeness (QED) is 0.846. The number of aliphatic imine (C=N–C) groups is 1. The van der Waals surface area contributed by atoms with E-state index in [4.69, 9.17) is 11.6 Å². The molecule has 0 aliphatic carbocycles. The summed E-state index contributed by atoms with van der Waals surface area (Å²) in [5.41, 5.74) is 3.31. The van der Waals surface area contributed by atoms with Crippen LogP contribution in [0.4, 0.5) is 0 Å². The Bertz CT molecular complexity index is 761. The van der Waals surface area contributed by atoms with Crippen molar-refractivity contribution in [1.82, 2.24) is 5.32 Å². The lowest BCUT2D eigenvalue weighted by molar-refractivity contribution is -0.115. The van der Waals surface area contributed by atoms with Crippen molar-refractivity contribution in [2.75, 3.05) is 0 Å². The van der Waals surface area contributed by atoms with Gasteiger partial charge in [-0.3, -0.25) is 4.79 Å². The van der Waals surface area contributed by atoms with Gasteiger partial charge in [0.25, 0.3) is 5.91 Å². The van der Waals surface area contributed by atoms with E-state index in [1.165, 1.54) is 5.56 Å². The summed E-state index contributed by atoms with van der Waals surface area (Å²) in [7, 11) is 0. The van der Waals surface area contributed by atoms with E-state index in [0.29, 0.717) is 16.6 Å². The fourth-order valence-corrected chi connectivity index (χ4v) is 2.25. The van der Waals surface area contributed by atoms with E-state index >= 15 is 0 Å². The predicted molar refractivity (Wildman–Crippen MR) is 85.3 cm³/mol. The summed E-state index contributed by atoms with van der Waals surface area (Å²) in [4.78, 5) is 16.3. The smallest absolute Gasteiger partial charge is 0.275 e. The van der Waals surface area contributed by atoms with Crippen molar-refractivity contribution >= 4 is 29.4 Å². The number of hydrogen-bond acceptors (Lipinski definition) is 2. The van der Waals surface area contributed by atoms with Gasteiger partial charge in [0.1, 0.15) is 11.5 Å². The number of amides is 1. The molecule has 1 aliphatic rings. The first-order valence-electron chi connectivity index (χ1n) is 6.56. The molecule has 0 saturated carbocycles. The molecular formula is C17H13ClN2O. The van der Waals surface area contributed by atoms with Crippen LogP contribution in [0.2, 0.25) is 5.02 Å². The summed E-state index contributed by atoms with van der Waals surface area (Å²) < 4.78 is 0. The standard InChI is InChI=1S/C17H13ClN2O/c1-11-5-7-12(8-6-11)9-15-17(21)20-16(19-15)13-3-2-4-14(18)10-13/h2-10H,1H3,(H,19,20,21)/b15-9+. The van der Waals surface area contributed by atoms with Gasteiger partial charge in [0.05, 0.1) is 0 Å². The molecule has 0 spiro atoms. The number of nitrogens with one attached hydrogen (secondary N) is 1.